The van der Waals surface area contributed by atoms with Gasteiger partial charge < -0.3 is 10.2 Å². The van der Waals surface area contributed by atoms with Crippen LogP contribution in [0.5, 0.6) is 0 Å². The van der Waals surface area contributed by atoms with E-state index >= 15 is 0 Å². The molecule has 0 radical (unpaired) electrons. The summed E-state index contributed by atoms with van der Waals surface area (Å²) in [5, 5.41) is 14.0. The van der Waals surface area contributed by atoms with Gasteiger partial charge in [0.1, 0.15) is 5.82 Å². The highest BCUT2D eigenvalue weighted by Gasteiger charge is 2.33. The molecule has 1 heterocycles. The Morgan fingerprint density at radius 1 is 1.33 bits per heavy atom. The highest BCUT2D eigenvalue weighted by atomic mass is 19.1. The van der Waals surface area contributed by atoms with Gasteiger partial charge in [-0.2, -0.15) is 0 Å². The lowest BCUT2D eigenvalue weighted by Gasteiger charge is -2.15. The molecule has 114 valence electrons. The van der Waals surface area contributed by atoms with Crippen LogP contribution in [0.4, 0.5) is 10.1 Å². The molecule has 6 heteroatoms. The van der Waals surface area contributed by atoms with Crippen molar-refractivity contribution in [3.05, 3.63) is 39.7 Å². The number of halogens is 1. The van der Waals surface area contributed by atoms with Gasteiger partial charge in [0.25, 0.3) is 5.69 Å². The van der Waals surface area contributed by atoms with Gasteiger partial charge in [-0.15, -0.1) is 0 Å². The first-order valence-electron chi connectivity index (χ1n) is 7.50. The van der Waals surface area contributed by atoms with Crippen LogP contribution in [0.2, 0.25) is 0 Å². The maximum atomic E-state index is 13.3. The van der Waals surface area contributed by atoms with E-state index in [1.807, 2.05) is 0 Å². The molecule has 0 aromatic heterocycles. The fraction of sp³-hybridized carbons (Fsp3) is 0.600. The quantitative estimate of drug-likeness (QED) is 0.646. The van der Waals surface area contributed by atoms with Gasteiger partial charge in [-0.25, -0.2) is 4.39 Å². The molecular weight excluding hydrogens is 273 g/mol. The second-order valence-corrected chi connectivity index (χ2v) is 6.09. The lowest BCUT2D eigenvalue weighted by atomic mass is 10.1. The van der Waals surface area contributed by atoms with Crippen LogP contribution in [-0.4, -0.2) is 35.5 Å². The number of non-ortho nitro benzene ring substituents is 1. The third-order valence-electron chi connectivity index (χ3n) is 4.30. The molecule has 1 saturated heterocycles. The summed E-state index contributed by atoms with van der Waals surface area (Å²) in [5.41, 5.74) is 0.436. The van der Waals surface area contributed by atoms with Crippen LogP contribution in [0.1, 0.15) is 24.8 Å². The molecule has 1 saturated carbocycles. The summed E-state index contributed by atoms with van der Waals surface area (Å²) in [7, 11) is 0. The van der Waals surface area contributed by atoms with E-state index in [0.29, 0.717) is 18.0 Å². The third kappa shape index (κ3) is 3.77. The number of hydrogen-bond acceptors (Lipinski definition) is 4. The van der Waals surface area contributed by atoms with E-state index in [2.05, 4.69) is 10.2 Å². The normalized spacial score (nSPS) is 22.6. The molecule has 1 N–H and O–H groups in total. The maximum absolute atomic E-state index is 13.3. The second-order valence-electron chi connectivity index (χ2n) is 6.09. The Morgan fingerprint density at radius 2 is 2.14 bits per heavy atom. The number of nitro groups is 1. The number of nitro benzene ring substituents is 1. The molecule has 3 rings (SSSR count). The molecule has 1 unspecified atom stereocenters. The summed E-state index contributed by atoms with van der Waals surface area (Å²) in [5.74, 6) is 0.0796. The number of benzene rings is 1. The molecule has 5 nitrogen and oxygen atoms in total. The Hall–Kier alpha value is -1.53. The predicted octanol–water partition coefficient (Wildman–Crippen LogP) is 2.31. The highest BCUT2D eigenvalue weighted by Crippen LogP contribution is 2.31. The summed E-state index contributed by atoms with van der Waals surface area (Å²) in [4.78, 5) is 12.7. The summed E-state index contributed by atoms with van der Waals surface area (Å²) in [6.07, 6.45) is 3.88. The summed E-state index contributed by atoms with van der Waals surface area (Å²) < 4.78 is 13.3. The molecular formula is C15H20FN3O2. The molecule has 0 spiro atoms. The van der Waals surface area contributed by atoms with Gasteiger partial charge in [-0.05, 0) is 49.9 Å². The predicted molar refractivity (Wildman–Crippen MR) is 77.5 cm³/mol. The van der Waals surface area contributed by atoms with Gasteiger partial charge in [0.2, 0.25) is 0 Å². The zero-order valence-electron chi connectivity index (χ0n) is 11.9. The van der Waals surface area contributed by atoms with Gasteiger partial charge in [0, 0.05) is 25.2 Å². The first-order chi connectivity index (χ1) is 10.1. The van der Waals surface area contributed by atoms with Gasteiger partial charge in [0.15, 0.2) is 0 Å². The van der Waals surface area contributed by atoms with Crippen molar-refractivity contribution >= 4 is 5.69 Å². The zero-order valence-corrected chi connectivity index (χ0v) is 11.9. The highest BCUT2D eigenvalue weighted by molar-refractivity contribution is 5.35. The average molecular weight is 293 g/mol. The van der Waals surface area contributed by atoms with Crippen molar-refractivity contribution in [2.75, 3.05) is 19.6 Å². The van der Waals surface area contributed by atoms with E-state index in [1.165, 1.54) is 37.9 Å². The summed E-state index contributed by atoms with van der Waals surface area (Å²) >= 11 is 0. The Balaban J connectivity index is 1.48. The van der Waals surface area contributed by atoms with Crippen LogP contribution in [0, 0.1) is 21.8 Å². The van der Waals surface area contributed by atoms with Gasteiger partial charge in [0.05, 0.1) is 11.0 Å². The minimum absolute atomic E-state index is 0.187. The molecule has 1 aliphatic heterocycles. The van der Waals surface area contributed by atoms with Gasteiger partial charge >= 0.3 is 0 Å². The number of rotatable bonds is 6. The van der Waals surface area contributed by atoms with Crippen molar-refractivity contribution in [1.29, 1.82) is 0 Å². The minimum Gasteiger partial charge on any atom is -0.312 e. The fourth-order valence-corrected chi connectivity index (χ4v) is 3.06. The molecule has 1 aromatic rings. The number of hydrogen-bond donors (Lipinski definition) is 1. The van der Waals surface area contributed by atoms with Crippen LogP contribution in [0.15, 0.2) is 18.2 Å². The topological polar surface area (TPSA) is 58.4 Å². The van der Waals surface area contributed by atoms with Crippen LogP contribution in [-0.2, 0) is 6.54 Å². The minimum atomic E-state index is -0.558. The SMILES string of the molecule is O=[N+]([O-])c1cc(F)cc(CNCC2CCN(C3CC3)C2)c1. The van der Waals surface area contributed by atoms with Crippen molar-refractivity contribution < 1.29 is 9.31 Å². The number of nitrogens with zero attached hydrogens (tertiary/aromatic N) is 2. The molecule has 0 bridgehead atoms. The van der Waals surface area contributed by atoms with E-state index in [1.54, 1.807) is 0 Å². The Morgan fingerprint density at radius 3 is 2.86 bits per heavy atom. The molecule has 0 amide bonds. The standard InChI is InChI=1S/C15H20FN3O2/c16-13-5-12(6-15(7-13)19(20)21)9-17-8-11-3-4-18(10-11)14-1-2-14/h5-7,11,14,17H,1-4,8-10H2. The molecule has 1 aromatic carbocycles. The molecule has 2 fully saturated rings. The van der Waals surface area contributed by atoms with Crippen molar-refractivity contribution in [1.82, 2.24) is 10.2 Å². The Kier molecular flexibility index (Phi) is 4.17. The van der Waals surface area contributed by atoms with Gasteiger partial charge in [-0.3, -0.25) is 10.1 Å². The summed E-state index contributed by atoms with van der Waals surface area (Å²) in [6.45, 7) is 3.68. The van der Waals surface area contributed by atoms with E-state index < -0.39 is 10.7 Å². The van der Waals surface area contributed by atoms with Crippen molar-refractivity contribution in [2.24, 2.45) is 5.92 Å². The van der Waals surface area contributed by atoms with E-state index in [4.69, 9.17) is 0 Å². The fourth-order valence-electron chi connectivity index (χ4n) is 3.06. The van der Waals surface area contributed by atoms with Crippen molar-refractivity contribution in [2.45, 2.75) is 31.8 Å². The lowest BCUT2D eigenvalue weighted by molar-refractivity contribution is -0.385. The van der Waals surface area contributed by atoms with Crippen molar-refractivity contribution in [3.8, 4) is 0 Å². The van der Waals surface area contributed by atoms with Crippen molar-refractivity contribution in [3.63, 3.8) is 0 Å². The maximum Gasteiger partial charge on any atom is 0.272 e. The second kappa shape index (κ2) is 6.07. The first kappa shape index (κ1) is 14.4. The Bertz CT molecular complexity index is 534. The third-order valence-corrected chi connectivity index (χ3v) is 4.30. The monoisotopic (exact) mass is 293 g/mol. The molecule has 2 aliphatic rings. The van der Waals surface area contributed by atoms with E-state index in [-0.39, 0.29) is 5.69 Å². The van der Waals surface area contributed by atoms with Crippen LogP contribution < -0.4 is 5.32 Å². The van der Waals surface area contributed by atoms with E-state index in [9.17, 15) is 14.5 Å². The summed E-state index contributed by atoms with van der Waals surface area (Å²) in [6, 6.07) is 4.56. The lowest BCUT2D eigenvalue weighted by Crippen LogP contribution is -2.27. The number of nitrogens with one attached hydrogen (secondary N) is 1. The zero-order chi connectivity index (χ0) is 14.8. The smallest absolute Gasteiger partial charge is 0.272 e. The largest absolute Gasteiger partial charge is 0.312 e. The van der Waals surface area contributed by atoms with E-state index in [0.717, 1.165) is 25.2 Å². The first-order valence-corrected chi connectivity index (χ1v) is 7.50. The van der Waals surface area contributed by atoms with Crippen LogP contribution >= 0.6 is 0 Å². The molecule has 1 atom stereocenters. The molecule has 1 aliphatic carbocycles. The van der Waals surface area contributed by atoms with Gasteiger partial charge in [-0.1, -0.05) is 0 Å². The number of likely N-dealkylation sites (tertiary alicyclic amines) is 1. The average Bonchev–Trinajstić information content (AvgIpc) is 3.18. The van der Waals surface area contributed by atoms with Crippen LogP contribution in [0.3, 0.4) is 0 Å². The van der Waals surface area contributed by atoms with Crippen LogP contribution in [0.25, 0.3) is 0 Å². The molecule has 21 heavy (non-hydrogen) atoms. The Labute approximate surface area is 123 Å².